The second-order valence-electron chi connectivity index (χ2n) is 6.52. The monoisotopic (exact) mass is 422 g/mol. The van der Waals surface area contributed by atoms with Crippen molar-refractivity contribution in [1.82, 2.24) is 0 Å². The highest BCUT2D eigenvalue weighted by Gasteiger charge is 2.20. The molecule has 0 aliphatic rings. The predicted octanol–water partition coefficient (Wildman–Crippen LogP) is 4.22. The lowest BCUT2D eigenvalue weighted by Gasteiger charge is -2.16. The van der Waals surface area contributed by atoms with Crippen LogP contribution >= 0.6 is 23.1 Å². The van der Waals surface area contributed by atoms with E-state index < -0.39 is 0 Å². The molecule has 0 aliphatic carbocycles. The smallest absolute Gasteiger partial charge is 0.279 e. The SMILES string of the molecule is CCc1ccc([C@H]([NH2+]CC(=O)Nc2ccccc2SCC#N)c2cccs2)cc1. The van der Waals surface area contributed by atoms with E-state index in [0.29, 0.717) is 12.3 Å². The van der Waals surface area contributed by atoms with E-state index in [1.165, 1.54) is 27.8 Å². The van der Waals surface area contributed by atoms with E-state index in [1.54, 1.807) is 11.3 Å². The molecule has 1 atom stereocenters. The van der Waals surface area contributed by atoms with E-state index in [1.807, 2.05) is 30.3 Å². The largest absolute Gasteiger partial charge is 0.328 e. The molecule has 4 nitrogen and oxygen atoms in total. The quantitative estimate of drug-likeness (QED) is 0.507. The zero-order valence-electron chi connectivity index (χ0n) is 16.3. The lowest BCUT2D eigenvalue weighted by molar-refractivity contribution is -0.675. The van der Waals surface area contributed by atoms with Crippen molar-refractivity contribution in [1.29, 1.82) is 5.26 Å². The fourth-order valence-corrected chi connectivity index (χ4v) is 4.60. The van der Waals surface area contributed by atoms with Crippen LogP contribution in [0.25, 0.3) is 0 Å². The van der Waals surface area contributed by atoms with Crippen molar-refractivity contribution in [3.05, 3.63) is 82.0 Å². The minimum absolute atomic E-state index is 0.0539. The standard InChI is InChI=1S/C23H23N3OS2/c1-2-17-9-11-18(12-10-17)23(21-8-5-14-28-21)25-16-22(27)26-19-6-3-4-7-20(19)29-15-13-24/h3-12,14,23,25H,2,15-16H2,1H3,(H,26,27)/p+1/t23-/m0/s1. The van der Waals surface area contributed by atoms with Gasteiger partial charge in [0.1, 0.15) is 6.04 Å². The van der Waals surface area contributed by atoms with Crippen LogP contribution in [-0.2, 0) is 11.2 Å². The molecular formula is C23H24N3OS2+. The maximum atomic E-state index is 12.6. The van der Waals surface area contributed by atoms with Crippen LogP contribution in [0.5, 0.6) is 0 Å². The van der Waals surface area contributed by atoms with Crippen LogP contribution in [0.15, 0.2) is 70.9 Å². The van der Waals surface area contributed by atoms with E-state index in [4.69, 9.17) is 5.26 Å². The van der Waals surface area contributed by atoms with Crippen molar-refractivity contribution in [2.24, 2.45) is 0 Å². The molecule has 0 spiro atoms. The zero-order chi connectivity index (χ0) is 20.5. The topological polar surface area (TPSA) is 69.5 Å². The first kappa shape index (κ1) is 21.1. The second kappa shape index (κ2) is 10.8. The molecule has 0 aliphatic heterocycles. The average molecular weight is 423 g/mol. The molecule has 1 heterocycles. The summed E-state index contributed by atoms with van der Waals surface area (Å²) in [6, 6.07) is 22.6. The van der Waals surface area contributed by atoms with Gasteiger partial charge in [-0.25, -0.2) is 0 Å². The number of para-hydroxylation sites is 1. The molecule has 1 amide bonds. The van der Waals surface area contributed by atoms with Crippen LogP contribution in [0.4, 0.5) is 5.69 Å². The van der Waals surface area contributed by atoms with Crippen LogP contribution in [0.2, 0.25) is 0 Å². The number of benzene rings is 2. The molecule has 0 bridgehead atoms. The van der Waals surface area contributed by atoms with Crippen LogP contribution < -0.4 is 10.6 Å². The Labute approximate surface area is 180 Å². The third kappa shape index (κ3) is 5.94. The van der Waals surface area contributed by atoms with Crippen molar-refractivity contribution in [2.75, 3.05) is 17.6 Å². The summed E-state index contributed by atoms with van der Waals surface area (Å²) in [5, 5.41) is 16.0. The van der Waals surface area contributed by atoms with Gasteiger partial charge in [-0.05, 0) is 35.6 Å². The van der Waals surface area contributed by atoms with Gasteiger partial charge in [-0.1, -0.05) is 49.4 Å². The van der Waals surface area contributed by atoms with Crippen molar-refractivity contribution in [3.8, 4) is 6.07 Å². The van der Waals surface area contributed by atoms with Gasteiger partial charge in [0, 0.05) is 10.5 Å². The van der Waals surface area contributed by atoms with Crippen LogP contribution in [0.1, 0.15) is 29.0 Å². The van der Waals surface area contributed by atoms with E-state index in [-0.39, 0.29) is 11.9 Å². The summed E-state index contributed by atoms with van der Waals surface area (Å²) in [5.41, 5.74) is 3.26. The maximum Gasteiger partial charge on any atom is 0.279 e. The number of carbonyl (C=O) groups is 1. The first-order chi connectivity index (χ1) is 14.2. The number of quaternary nitrogens is 1. The highest BCUT2D eigenvalue weighted by molar-refractivity contribution is 7.99. The molecule has 3 rings (SSSR count). The summed E-state index contributed by atoms with van der Waals surface area (Å²) in [4.78, 5) is 14.8. The van der Waals surface area contributed by atoms with Gasteiger partial charge in [0.25, 0.3) is 5.91 Å². The van der Waals surface area contributed by atoms with E-state index in [9.17, 15) is 4.79 Å². The molecule has 29 heavy (non-hydrogen) atoms. The minimum Gasteiger partial charge on any atom is -0.328 e. The van der Waals surface area contributed by atoms with Crippen molar-refractivity contribution in [2.45, 2.75) is 24.3 Å². The minimum atomic E-state index is -0.0539. The van der Waals surface area contributed by atoms with Crippen LogP contribution in [-0.4, -0.2) is 18.2 Å². The normalized spacial score (nSPS) is 11.6. The molecule has 3 aromatic rings. The number of anilines is 1. The lowest BCUT2D eigenvalue weighted by atomic mass is 10.0. The molecule has 1 aromatic heterocycles. The van der Waals surface area contributed by atoms with E-state index >= 15 is 0 Å². The number of aryl methyl sites for hydroxylation is 1. The molecule has 2 aromatic carbocycles. The summed E-state index contributed by atoms with van der Waals surface area (Å²) in [5.74, 6) is 0.300. The third-order valence-corrected chi connectivity index (χ3v) is 6.48. The highest BCUT2D eigenvalue weighted by Crippen LogP contribution is 2.26. The van der Waals surface area contributed by atoms with Crippen molar-refractivity contribution >= 4 is 34.7 Å². The number of carbonyl (C=O) groups excluding carboxylic acids is 1. The molecule has 148 valence electrons. The summed E-state index contributed by atoms with van der Waals surface area (Å²) in [6.07, 6.45) is 1.01. The average Bonchev–Trinajstić information content (AvgIpc) is 3.28. The highest BCUT2D eigenvalue weighted by atomic mass is 32.2. The Morgan fingerprint density at radius 3 is 2.66 bits per heavy atom. The zero-order valence-corrected chi connectivity index (χ0v) is 17.9. The third-order valence-electron chi connectivity index (χ3n) is 4.59. The summed E-state index contributed by atoms with van der Waals surface area (Å²) >= 11 is 3.13. The first-order valence-corrected chi connectivity index (χ1v) is 11.4. The number of nitrogens with zero attached hydrogens (tertiary/aromatic N) is 1. The Morgan fingerprint density at radius 1 is 1.17 bits per heavy atom. The Balaban J connectivity index is 1.68. The number of nitriles is 1. The number of hydrogen-bond acceptors (Lipinski definition) is 4. The Kier molecular flexibility index (Phi) is 7.88. The molecular weight excluding hydrogens is 398 g/mol. The molecule has 0 fully saturated rings. The Morgan fingerprint density at radius 2 is 1.97 bits per heavy atom. The van der Waals surface area contributed by atoms with Crippen LogP contribution in [0, 0.1) is 11.3 Å². The molecule has 6 heteroatoms. The van der Waals surface area contributed by atoms with Crippen molar-refractivity contribution < 1.29 is 10.1 Å². The summed E-state index contributed by atoms with van der Waals surface area (Å²) in [7, 11) is 0. The molecule has 3 N–H and O–H groups in total. The number of nitrogens with two attached hydrogens (primary N) is 1. The number of thioether (sulfide) groups is 1. The lowest BCUT2D eigenvalue weighted by Crippen LogP contribution is -2.87. The first-order valence-electron chi connectivity index (χ1n) is 9.55. The van der Waals surface area contributed by atoms with Gasteiger partial charge in [-0.3, -0.25) is 4.79 Å². The van der Waals surface area contributed by atoms with Gasteiger partial charge in [-0.15, -0.1) is 23.1 Å². The fourth-order valence-electron chi connectivity index (χ4n) is 3.08. The van der Waals surface area contributed by atoms with E-state index in [2.05, 4.69) is 59.3 Å². The number of nitrogens with one attached hydrogen (secondary N) is 1. The molecule has 0 radical (unpaired) electrons. The summed E-state index contributed by atoms with van der Waals surface area (Å²) < 4.78 is 0. The predicted molar refractivity (Wildman–Crippen MR) is 120 cm³/mol. The van der Waals surface area contributed by atoms with E-state index in [0.717, 1.165) is 17.0 Å². The van der Waals surface area contributed by atoms with Gasteiger partial charge >= 0.3 is 0 Å². The Bertz CT molecular complexity index is 963. The van der Waals surface area contributed by atoms with Gasteiger partial charge < -0.3 is 10.6 Å². The van der Waals surface area contributed by atoms with Gasteiger partial charge in [0.05, 0.1) is 22.4 Å². The van der Waals surface area contributed by atoms with Gasteiger partial charge in [-0.2, -0.15) is 5.26 Å². The number of amides is 1. The molecule has 0 unspecified atom stereocenters. The van der Waals surface area contributed by atoms with Gasteiger partial charge in [0.15, 0.2) is 6.54 Å². The van der Waals surface area contributed by atoms with Crippen molar-refractivity contribution in [3.63, 3.8) is 0 Å². The van der Waals surface area contributed by atoms with Gasteiger partial charge in [0.2, 0.25) is 0 Å². The van der Waals surface area contributed by atoms with Crippen LogP contribution in [0.3, 0.4) is 0 Å². The second-order valence-corrected chi connectivity index (χ2v) is 8.52. The number of hydrogen-bond donors (Lipinski definition) is 2. The number of thiophene rings is 1. The molecule has 0 saturated carbocycles. The molecule has 0 saturated heterocycles. The summed E-state index contributed by atoms with van der Waals surface area (Å²) in [6.45, 7) is 2.46. The fraction of sp³-hybridized carbons (Fsp3) is 0.217. The maximum absolute atomic E-state index is 12.6. The number of rotatable bonds is 9. The Hall–Kier alpha value is -2.59.